The van der Waals surface area contributed by atoms with E-state index in [9.17, 15) is 0 Å². The molecule has 1 aliphatic rings. The van der Waals surface area contributed by atoms with Crippen molar-refractivity contribution in [3.05, 3.63) is 5.69 Å². The van der Waals surface area contributed by atoms with Crippen molar-refractivity contribution < 1.29 is 0 Å². The number of nitrogens with two attached hydrogens (primary N) is 1. The summed E-state index contributed by atoms with van der Waals surface area (Å²) in [6, 6.07) is 0.336. The highest BCUT2D eigenvalue weighted by Crippen LogP contribution is 2.40. The van der Waals surface area contributed by atoms with Gasteiger partial charge in [-0.2, -0.15) is 5.10 Å². The molecular weight excluding hydrogens is 212 g/mol. The van der Waals surface area contributed by atoms with Crippen molar-refractivity contribution in [2.24, 2.45) is 0 Å². The van der Waals surface area contributed by atoms with Crippen molar-refractivity contribution >= 4 is 11.5 Å². The molecule has 4 heteroatoms. The fraction of sp³-hybridized carbons (Fsp3) is 0.769. The molecule has 0 spiro atoms. The first kappa shape index (κ1) is 12.3. The maximum Gasteiger partial charge on any atom is 0.148 e. The zero-order valence-corrected chi connectivity index (χ0v) is 11.4. The SMILES string of the molecule is CCC1(Nc2c(N)c(C)nn2C(C)C)CCC1. The summed E-state index contributed by atoms with van der Waals surface area (Å²) < 4.78 is 2.01. The molecule has 0 aromatic carbocycles. The lowest BCUT2D eigenvalue weighted by Crippen LogP contribution is -2.45. The Bertz CT molecular complexity index is 396. The van der Waals surface area contributed by atoms with Crippen LogP contribution >= 0.6 is 0 Å². The summed E-state index contributed by atoms with van der Waals surface area (Å²) in [4.78, 5) is 0. The molecule has 1 aliphatic carbocycles. The van der Waals surface area contributed by atoms with Gasteiger partial charge in [0.15, 0.2) is 0 Å². The summed E-state index contributed by atoms with van der Waals surface area (Å²) in [5.41, 5.74) is 8.12. The fourth-order valence-electron chi connectivity index (χ4n) is 2.48. The molecule has 0 unspecified atom stereocenters. The third-order valence-electron chi connectivity index (χ3n) is 3.99. The molecule has 1 heterocycles. The molecule has 1 aromatic rings. The zero-order chi connectivity index (χ0) is 12.6. The number of aryl methyl sites for hydroxylation is 1. The first-order chi connectivity index (χ1) is 7.99. The first-order valence-corrected chi connectivity index (χ1v) is 6.62. The summed E-state index contributed by atoms with van der Waals surface area (Å²) in [5, 5.41) is 8.17. The number of anilines is 2. The Morgan fingerprint density at radius 3 is 2.53 bits per heavy atom. The van der Waals surface area contributed by atoms with Gasteiger partial charge in [0, 0.05) is 11.6 Å². The molecule has 0 aliphatic heterocycles. The van der Waals surface area contributed by atoms with Crippen LogP contribution in [0.15, 0.2) is 0 Å². The van der Waals surface area contributed by atoms with E-state index in [-0.39, 0.29) is 5.54 Å². The van der Waals surface area contributed by atoms with Gasteiger partial charge in [0.25, 0.3) is 0 Å². The fourth-order valence-corrected chi connectivity index (χ4v) is 2.48. The monoisotopic (exact) mass is 236 g/mol. The van der Waals surface area contributed by atoms with E-state index < -0.39 is 0 Å². The average molecular weight is 236 g/mol. The predicted octanol–water partition coefficient (Wildman–Crippen LogP) is 3.10. The van der Waals surface area contributed by atoms with Gasteiger partial charge in [-0.15, -0.1) is 0 Å². The van der Waals surface area contributed by atoms with Crippen LogP contribution in [-0.2, 0) is 0 Å². The minimum Gasteiger partial charge on any atom is -0.394 e. The van der Waals surface area contributed by atoms with E-state index in [4.69, 9.17) is 5.73 Å². The predicted molar refractivity (Wildman–Crippen MR) is 72.3 cm³/mol. The Labute approximate surface area is 104 Å². The first-order valence-electron chi connectivity index (χ1n) is 6.62. The van der Waals surface area contributed by atoms with Gasteiger partial charge in [0.1, 0.15) is 5.82 Å². The van der Waals surface area contributed by atoms with Gasteiger partial charge in [-0.1, -0.05) is 6.92 Å². The minimum absolute atomic E-state index is 0.257. The number of nitrogens with one attached hydrogen (secondary N) is 1. The van der Waals surface area contributed by atoms with Gasteiger partial charge >= 0.3 is 0 Å². The van der Waals surface area contributed by atoms with E-state index in [2.05, 4.69) is 31.2 Å². The molecular formula is C13H24N4. The second kappa shape index (κ2) is 4.24. The van der Waals surface area contributed by atoms with Crippen molar-refractivity contribution in [1.82, 2.24) is 9.78 Å². The highest BCUT2D eigenvalue weighted by molar-refractivity contribution is 5.66. The molecule has 0 amide bonds. The summed E-state index contributed by atoms with van der Waals surface area (Å²) in [6.45, 7) is 8.48. The quantitative estimate of drug-likeness (QED) is 0.844. The van der Waals surface area contributed by atoms with Crippen LogP contribution in [0.3, 0.4) is 0 Å². The maximum absolute atomic E-state index is 6.14. The number of hydrogen-bond donors (Lipinski definition) is 2. The molecule has 17 heavy (non-hydrogen) atoms. The van der Waals surface area contributed by atoms with Crippen molar-refractivity contribution in [3.63, 3.8) is 0 Å². The summed E-state index contributed by atoms with van der Waals surface area (Å²) >= 11 is 0. The third-order valence-corrected chi connectivity index (χ3v) is 3.99. The van der Waals surface area contributed by atoms with E-state index in [1.165, 1.54) is 19.3 Å². The second-order valence-corrected chi connectivity index (χ2v) is 5.50. The van der Waals surface area contributed by atoms with E-state index in [0.29, 0.717) is 6.04 Å². The van der Waals surface area contributed by atoms with Crippen LogP contribution in [0, 0.1) is 6.92 Å². The highest BCUT2D eigenvalue weighted by Gasteiger charge is 2.36. The molecule has 2 rings (SSSR count). The molecule has 1 fully saturated rings. The molecule has 96 valence electrons. The second-order valence-electron chi connectivity index (χ2n) is 5.50. The van der Waals surface area contributed by atoms with Crippen LogP contribution < -0.4 is 11.1 Å². The van der Waals surface area contributed by atoms with Crippen molar-refractivity contribution in [3.8, 4) is 0 Å². The van der Waals surface area contributed by atoms with Crippen LogP contribution in [0.1, 0.15) is 58.2 Å². The lowest BCUT2D eigenvalue weighted by molar-refractivity contribution is 0.267. The Balaban J connectivity index is 2.31. The van der Waals surface area contributed by atoms with Gasteiger partial charge < -0.3 is 11.1 Å². The molecule has 0 bridgehead atoms. The van der Waals surface area contributed by atoms with Crippen LogP contribution in [0.4, 0.5) is 11.5 Å². The highest BCUT2D eigenvalue weighted by atomic mass is 15.4. The van der Waals surface area contributed by atoms with E-state index in [0.717, 1.165) is 23.6 Å². The van der Waals surface area contributed by atoms with Crippen molar-refractivity contribution in [2.45, 2.75) is 65.0 Å². The minimum atomic E-state index is 0.257. The lowest BCUT2D eigenvalue weighted by Gasteiger charge is -2.43. The number of hydrogen-bond acceptors (Lipinski definition) is 3. The number of rotatable bonds is 4. The molecule has 3 N–H and O–H groups in total. The average Bonchev–Trinajstić information content (AvgIpc) is 2.51. The van der Waals surface area contributed by atoms with Crippen molar-refractivity contribution in [2.75, 3.05) is 11.1 Å². The van der Waals surface area contributed by atoms with Crippen LogP contribution in [-0.4, -0.2) is 15.3 Å². The van der Waals surface area contributed by atoms with Gasteiger partial charge in [-0.3, -0.25) is 0 Å². The molecule has 1 aromatic heterocycles. The smallest absolute Gasteiger partial charge is 0.148 e. The summed E-state index contributed by atoms with van der Waals surface area (Å²) in [5.74, 6) is 1.01. The van der Waals surface area contributed by atoms with Gasteiger partial charge in [-0.25, -0.2) is 4.68 Å². The van der Waals surface area contributed by atoms with Gasteiger partial charge in [0.05, 0.1) is 11.4 Å². The van der Waals surface area contributed by atoms with Gasteiger partial charge in [0.2, 0.25) is 0 Å². The zero-order valence-electron chi connectivity index (χ0n) is 11.4. The van der Waals surface area contributed by atoms with Crippen LogP contribution in [0.5, 0.6) is 0 Å². The topological polar surface area (TPSA) is 55.9 Å². The normalized spacial score (nSPS) is 18.2. The molecule has 4 nitrogen and oxygen atoms in total. The summed E-state index contributed by atoms with van der Waals surface area (Å²) in [6.07, 6.45) is 4.95. The van der Waals surface area contributed by atoms with E-state index >= 15 is 0 Å². The largest absolute Gasteiger partial charge is 0.394 e. The Morgan fingerprint density at radius 2 is 2.12 bits per heavy atom. The standard InChI is InChI=1S/C13H24N4/c1-5-13(7-6-8-13)15-12-11(14)10(4)16-17(12)9(2)3/h9,15H,5-8,14H2,1-4H3. The lowest BCUT2D eigenvalue weighted by atomic mass is 9.75. The molecule has 0 saturated heterocycles. The van der Waals surface area contributed by atoms with Crippen molar-refractivity contribution in [1.29, 1.82) is 0 Å². The molecule has 1 saturated carbocycles. The Hall–Kier alpha value is -1.19. The Kier molecular flexibility index (Phi) is 3.06. The van der Waals surface area contributed by atoms with E-state index in [1.54, 1.807) is 0 Å². The van der Waals surface area contributed by atoms with Crippen LogP contribution in [0.2, 0.25) is 0 Å². The third kappa shape index (κ3) is 2.01. The number of aromatic nitrogens is 2. The number of nitrogen functional groups attached to an aromatic ring is 1. The molecule has 0 atom stereocenters. The van der Waals surface area contributed by atoms with E-state index in [1.807, 2.05) is 11.6 Å². The molecule has 0 radical (unpaired) electrons. The number of nitrogens with zero attached hydrogens (tertiary/aromatic N) is 2. The Morgan fingerprint density at radius 1 is 1.47 bits per heavy atom. The maximum atomic E-state index is 6.14. The van der Waals surface area contributed by atoms with Crippen LogP contribution in [0.25, 0.3) is 0 Å². The summed E-state index contributed by atoms with van der Waals surface area (Å²) in [7, 11) is 0. The van der Waals surface area contributed by atoms with Gasteiger partial charge in [-0.05, 0) is 46.5 Å².